The predicted molar refractivity (Wildman–Crippen MR) is 63.1 cm³/mol. The Labute approximate surface area is 96.0 Å². The van der Waals surface area contributed by atoms with Crippen molar-refractivity contribution in [3.8, 4) is 0 Å². The van der Waals surface area contributed by atoms with E-state index in [1.165, 1.54) is 5.56 Å². The summed E-state index contributed by atoms with van der Waals surface area (Å²) >= 11 is 0. The molecule has 0 aliphatic heterocycles. The molecular formula is C11H20N4O. The van der Waals surface area contributed by atoms with Crippen LogP contribution in [0.1, 0.15) is 23.4 Å². The van der Waals surface area contributed by atoms with Crippen molar-refractivity contribution in [2.45, 2.75) is 26.7 Å². The van der Waals surface area contributed by atoms with Crippen molar-refractivity contribution in [3.63, 3.8) is 0 Å². The Balaban J connectivity index is 2.46. The highest BCUT2D eigenvalue weighted by molar-refractivity contribution is 5.76. The van der Waals surface area contributed by atoms with E-state index in [9.17, 15) is 4.79 Å². The van der Waals surface area contributed by atoms with Crippen LogP contribution >= 0.6 is 0 Å². The first-order valence-corrected chi connectivity index (χ1v) is 5.52. The first kappa shape index (κ1) is 12.7. The van der Waals surface area contributed by atoms with Crippen LogP contribution in [0.25, 0.3) is 0 Å². The van der Waals surface area contributed by atoms with Crippen LogP contribution in [0.2, 0.25) is 0 Å². The number of nitrogens with two attached hydrogens (primary N) is 1. The molecule has 16 heavy (non-hydrogen) atoms. The van der Waals surface area contributed by atoms with Crippen LogP contribution in [0.5, 0.6) is 0 Å². The number of carbonyl (C=O) groups is 1. The number of carbonyl (C=O) groups excluding carboxylic acids is 1. The topological polar surface area (TPSA) is 72.9 Å². The number of amides is 1. The molecular weight excluding hydrogens is 204 g/mol. The zero-order chi connectivity index (χ0) is 12.1. The van der Waals surface area contributed by atoms with Crippen LogP contribution in [0.3, 0.4) is 0 Å². The summed E-state index contributed by atoms with van der Waals surface area (Å²) in [7, 11) is 1.93. The van der Waals surface area contributed by atoms with E-state index < -0.39 is 0 Å². The summed E-state index contributed by atoms with van der Waals surface area (Å²) in [5.41, 5.74) is 8.70. The molecule has 1 rings (SSSR count). The predicted octanol–water partition coefficient (Wildman–Crippen LogP) is 0.0444. The fourth-order valence-corrected chi connectivity index (χ4v) is 1.73. The van der Waals surface area contributed by atoms with E-state index >= 15 is 0 Å². The molecule has 1 heterocycles. The SMILES string of the molecule is Cc1nn(C)c(C)c1CCNC(=O)CCN. The van der Waals surface area contributed by atoms with Crippen LogP contribution in [0.4, 0.5) is 0 Å². The molecule has 0 spiro atoms. The zero-order valence-electron chi connectivity index (χ0n) is 10.2. The maximum absolute atomic E-state index is 11.2. The average molecular weight is 224 g/mol. The third kappa shape index (κ3) is 3.06. The second-order valence-corrected chi connectivity index (χ2v) is 3.91. The number of hydrogen-bond donors (Lipinski definition) is 2. The smallest absolute Gasteiger partial charge is 0.221 e. The summed E-state index contributed by atoms with van der Waals surface area (Å²) in [4.78, 5) is 11.2. The Bertz CT molecular complexity index is 370. The maximum Gasteiger partial charge on any atom is 0.221 e. The summed E-state index contributed by atoms with van der Waals surface area (Å²) in [5, 5.41) is 7.17. The van der Waals surface area contributed by atoms with Gasteiger partial charge >= 0.3 is 0 Å². The van der Waals surface area contributed by atoms with E-state index in [0.717, 1.165) is 17.8 Å². The fraction of sp³-hybridized carbons (Fsp3) is 0.636. The minimum Gasteiger partial charge on any atom is -0.356 e. The lowest BCUT2D eigenvalue weighted by Gasteiger charge is -2.04. The van der Waals surface area contributed by atoms with E-state index in [1.807, 2.05) is 25.6 Å². The van der Waals surface area contributed by atoms with Gasteiger partial charge in [-0.3, -0.25) is 9.48 Å². The van der Waals surface area contributed by atoms with Crippen molar-refractivity contribution in [1.82, 2.24) is 15.1 Å². The number of hydrogen-bond acceptors (Lipinski definition) is 3. The maximum atomic E-state index is 11.2. The number of aryl methyl sites for hydroxylation is 2. The monoisotopic (exact) mass is 224 g/mol. The van der Waals surface area contributed by atoms with Gasteiger partial charge in [-0.15, -0.1) is 0 Å². The molecule has 5 heteroatoms. The van der Waals surface area contributed by atoms with E-state index in [4.69, 9.17) is 5.73 Å². The Kier molecular flexibility index (Phi) is 4.49. The van der Waals surface area contributed by atoms with Crippen molar-refractivity contribution < 1.29 is 4.79 Å². The molecule has 0 aliphatic carbocycles. The van der Waals surface area contributed by atoms with Crippen molar-refractivity contribution in [2.24, 2.45) is 12.8 Å². The first-order valence-electron chi connectivity index (χ1n) is 5.52. The molecule has 0 aliphatic rings. The van der Waals surface area contributed by atoms with Crippen molar-refractivity contribution in [1.29, 1.82) is 0 Å². The second-order valence-electron chi connectivity index (χ2n) is 3.91. The molecule has 0 radical (unpaired) electrons. The molecule has 0 unspecified atom stereocenters. The van der Waals surface area contributed by atoms with Gasteiger partial charge in [0.05, 0.1) is 5.69 Å². The highest BCUT2D eigenvalue weighted by atomic mass is 16.1. The molecule has 1 amide bonds. The van der Waals surface area contributed by atoms with Gasteiger partial charge in [-0.25, -0.2) is 0 Å². The van der Waals surface area contributed by atoms with Gasteiger partial charge in [0.2, 0.25) is 5.91 Å². The summed E-state index contributed by atoms with van der Waals surface area (Å²) in [6.07, 6.45) is 1.22. The summed E-state index contributed by atoms with van der Waals surface area (Å²) in [5.74, 6) is 0.0155. The lowest BCUT2D eigenvalue weighted by atomic mass is 10.1. The van der Waals surface area contributed by atoms with Gasteiger partial charge in [0, 0.05) is 32.3 Å². The van der Waals surface area contributed by atoms with Gasteiger partial charge < -0.3 is 11.1 Å². The molecule has 0 bridgehead atoms. The van der Waals surface area contributed by atoms with Gasteiger partial charge in [-0.1, -0.05) is 0 Å². The molecule has 1 aromatic heterocycles. The number of nitrogens with zero attached hydrogens (tertiary/aromatic N) is 2. The van der Waals surface area contributed by atoms with Crippen LogP contribution in [0.15, 0.2) is 0 Å². The van der Waals surface area contributed by atoms with E-state index in [1.54, 1.807) is 0 Å². The second kappa shape index (κ2) is 5.65. The van der Waals surface area contributed by atoms with Crippen LogP contribution in [-0.4, -0.2) is 28.8 Å². The minimum absolute atomic E-state index is 0.0155. The molecule has 0 fully saturated rings. The Morgan fingerprint density at radius 2 is 2.19 bits per heavy atom. The zero-order valence-corrected chi connectivity index (χ0v) is 10.2. The Morgan fingerprint density at radius 3 is 2.69 bits per heavy atom. The standard InChI is InChI=1S/C11H20N4O/c1-8-10(9(2)15(3)14-8)5-7-13-11(16)4-6-12/h4-7,12H2,1-3H3,(H,13,16). The third-order valence-corrected chi connectivity index (χ3v) is 2.73. The summed E-state index contributed by atoms with van der Waals surface area (Å²) < 4.78 is 1.87. The molecule has 3 N–H and O–H groups in total. The molecule has 90 valence electrons. The quantitative estimate of drug-likeness (QED) is 0.742. The fourth-order valence-electron chi connectivity index (χ4n) is 1.73. The van der Waals surface area contributed by atoms with Crippen molar-refractivity contribution >= 4 is 5.91 Å². The normalized spacial score (nSPS) is 10.5. The summed E-state index contributed by atoms with van der Waals surface area (Å²) in [6.45, 7) is 5.07. The van der Waals surface area contributed by atoms with E-state index in [-0.39, 0.29) is 5.91 Å². The van der Waals surface area contributed by atoms with Gasteiger partial charge in [0.25, 0.3) is 0 Å². The molecule has 0 saturated carbocycles. The lowest BCUT2D eigenvalue weighted by molar-refractivity contribution is -0.120. The van der Waals surface area contributed by atoms with Gasteiger partial charge in [-0.05, 0) is 25.8 Å². The molecule has 1 aromatic rings. The highest BCUT2D eigenvalue weighted by Gasteiger charge is 2.09. The number of aromatic nitrogens is 2. The Hall–Kier alpha value is -1.36. The van der Waals surface area contributed by atoms with Crippen molar-refractivity contribution in [3.05, 3.63) is 17.0 Å². The molecule has 0 atom stereocenters. The van der Waals surface area contributed by atoms with E-state index in [0.29, 0.717) is 19.5 Å². The van der Waals surface area contributed by atoms with Crippen LogP contribution in [0, 0.1) is 13.8 Å². The first-order chi connectivity index (χ1) is 7.56. The largest absolute Gasteiger partial charge is 0.356 e. The average Bonchev–Trinajstić information content (AvgIpc) is 2.45. The van der Waals surface area contributed by atoms with Crippen LogP contribution in [-0.2, 0) is 18.3 Å². The van der Waals surface area contributed by atoms with Gasteiger partial charge in [0.1, 0.15) is 0 Å². The minimum atomic E-state index is 0.0155. The molecule has 5 nitrogen and oxygen atoms in total. The number of nitrogens with one attached hydrogen (secondary N) is 1. The summed E-state index contributed by atoms with van der Waals surface area (Å²) in [6, 6.07) is 0. The van der Waals surface area contributed by atoms with Gasteiger partial charge in [0.15, 0.2) is 0 Å². The van der Waals surface area contributed by atoms with Crippen LogP contribution < -0.4 is 11.1 Å². The molecule has 0 aromatic carbocycles. The Morgan fingerprint density at radius 1 is 1.50 bits per heavy atom. The third-order valence-electron chi connectivity index (χ3n) is 2.73. The van der Waals surface area contributed by atoms with Gasteiger partial charge in [-0.2, -0.15) is 5.10 Å². The van der Waals surface area contributed by atoms with E-state index in [2.05, 4.69) is 10.4 Å². The highest BCUT2D eigenvalue weighted by Crippen LogP contribution is 2.11. The lowest BCUT2D eigenvalue weighted by Crippen LogP contribution is -2.27. The molecule has 0 saturated heterocycles. The number of rotatable bonds is 5. The van der Waals surface area contributed by atoms with Crippen molar-refractivity contribution in [2.75, 3.05) is 13.1 Å².